The topological polar surface area (TPSA) is 29.3 Å². The van der Waals surface area contributed by atoms with Gasteiger partial charge in [-0.3, -0.25) is 0 Å². The first-order valence-electron chi connectivity index (χ1n) is 7.66. The molecule has 2 N–H and O–H groups in total. The summed E-state index contributed by atoms with van der Waals surface area (Å²) in [5.74, 6) is 0.948. The smallest absolute Gasteiger partial charge is 0.00962 e. The van der Waals surface area contributed by atoms with E-state index in [1.807, 2.05) is 0 Å². The molecular formula is C15H30N2. The zero-order valence-electron chi connectivity index (χ0n) is 11.7. The molecule has 2 fully saturated rings. The van der Waals surface area contributed by atoms with Crippen molar-refractivity contribution in [2.24, 2.45) is 11.7 Å². The molecule has 2 nitrogen and oxygen atoms in total. The van der Waals surface area contributed by atoms with Crippen LogP contribution in [0, 0.1) is 5.92 Å². The maximum atomic E-state index is 6.00. The predicted molar refractivity (Wildman–Crippen MR) is 74.0 cm³/mol. The summed E-state index contributed by atoms with van der Waals surface area (Å²) >= 11 is 0. The molecule has 17 heavy (non-hydrogen) atoms. The van der Waals surface area contributed by atoms with Crippen LogP contribution in [0.2, 0.25) is 0 Å². The molecule has 0 radical (unpaired) electrons. The molecule has 2 saturated carbocycles. The van der Waals surface area contributed by atoms with Gasteiger partial charge in [-0.2, -0.15) is 0 Å². The Morgan fingerprint density at radius 2 is 1.53 bits per heavy atom. The van der Waals surface area contributed by atoms with Crippen LogP contribution >= 0.6 is 0 Å². The van der Waals surface area contributed by atoms with Crippen LogP contribution in [0.15, 0.2) is 0 Å². The normalized spacial score (nSPS) is 33.9. The first-order valence-corrected chi connectivity index (χ1v) is 7.66. The molecule has 2 aliphatic rings. The average Bonchev–Trinajstić information content (AvgIpc) is 2.39. The molecule has 0 aromatic rings. The van der Waals surface area contributed by atoms with E-state index in [9.17, 15) is 0 Å². The fourth-order valence-electron chi connectivity index (χ4n) is 3.79. The van der Waals surface area contributed by atoms with Gasteiger partial charge in [0.2, 0.25) is 0 Å². The summed E-state index contributed by atoms with van der Waals surface area (Å²) in [5.41, 5.74) is 6.00. The van der Waals surface area contributed by atoms with Crippen molar-refractivity contribution in [3.8, 4) is 0 Å². The average molecular weight is 238 g/mol. The second kappa shape index (κ2) is 6.19. The first-order chi connectivity index (χ1) is 8.18. The summed E-state index contributed by atoms with van der Waals surface area (Å²) < 4.78 is 0. The molecule has 1 unspecified atom stereocenters. The van der Waals surface area contributed by atoms with Gasteiger partial charge in [-0.25, -0.2) is 0 Å². The Balaban J connectivity index is 1.83. The Labute approximate surface area is 107 Å². The molecule has 2 heteroatoms. The Bertz CT molecular complexity index is 215. The van der Waals surface area contributed by atoms with Crippen molar-refractivity contribution < 1.29 is 0 Å². The minimum Gasteiger partial charge on any atom is -0.328 e. The van der Waals surface area contributed by atoms with Crippen LogP contribution in [-0.4, -0.2) is 30.1 Å². The molecule has 0 amide bonds. The molecule has 0 heterocycles. The number of nitrogens with two attached hydrogens (primary N) is 1. The zero-order chi connectivity index (χ0) is 12.3. The van der Waals surface area contributed by atoms with Crippen molar-refractivity contribution in [3.05, 3.63) is 0 Å². The van der Waals surface area contributed by atoms with Gasteiger partial charge >= 0.3 is 0 Å². The van der Waals surface area contributed by atoms with E-state index < -0.39 is 0 Å². The minimum atomic E-state index is 0.477. The molecule has 100 valence electrons. The standard InChI is InChI=1S/C15H30N2/c1-12(13-6-4-3-5-7-13)17(2)15-10-8-14(16)9-11-15/h12-15H,3-11,16H2,1-2H3. The van der Waals surface area contributed by atoms with E-state index in [4.69, 9.17) is 5.73 Å². The van der Waals surface area contributed by atoms with E-state index in [1.165, 1.54) is 57.8 Å². The Hall–Kier alpha value is -0.0800. The second-order valence-corrected chi connectivity index (χ2v) is 6.37. The molecule has 1 atom stereocenters. The molecule has 0 aliphatic heterocycles. The van der Waals surface area contributed by atoms with Crippen LogP contribution in [0.3, 0.4) is 0 Å². The van der Waals surface area contributed by atoms with E-state index in [-0.39, 0.29) is 0 Å². The summed E-state index contributed by atoms with van der Waals surface area (Å²) in [7, 11) is 2.35. The molecule has 0 aromatic carbocycles. The Morgan fingerprint density at radius 3 is 2.12 bits per heavy atom. The van der Waals surface area contributed by atoms with Crippen molar-refractivity contribution in [1.29, 1.82) is 0 Å². The maximum Gasteiger partial charge on any atom is 0.00962 e. The first kappa shape index (κ1) is 13.4. The number of nitrogens with zero attached hydrogens (tertiary/aromatic N) is 1. The SMILES string of the molecule is CC(C1CCCCC1)N(C)C1CCC(N)CC1. The van der Waals surface area contributed by atoms with E-state index >= 15 is 0 Å². The van der Waals surface area contributed by atoms with Crippen molar-refractivity contribution in [3.63, 3.8) is 0 Å². The van der Waals surface area contributed by atoms with Crippen LogP contribution in [-0.2, 0) is 0 Å². The molecule has 0 saturated heterocycles. The van der Waals surface area contributed by atoms with E-state index in [2.05, 4.69) is 18.9 Å². The lowest BCUT2D eigenvalue weighted by molar-refractivity contribution is 0.0894. The van der Waals surface area contributed by atoms with E-state index in [0.29, 0.717) is 6.04 Å². The molecule has 0 bridgehead atoms. The van der Waals surface area contributed by atoms with Crippen molar-refractivity contribution in [2.75, 3.05) is 7.05 Å². The van der Waals surface area contributed by atoms with Crippen molar-refractivity contribution in [1.82, 2.24) is 4.90 Å². The van der Waals surface area contributed by atoms with Gasteiger partial charge in [0.05, 0.1) is 0 Å². The van der Waals surface area contributed by atoms with Gasteiger partial charge in [-0.1, -0.05) is 19.3 Å². The van der Waals surface area contributed by atoms with Gasteiger partial charge in [0.15, 0.2) is 0 Å². The minimum absolute atomic E-state index is 0.477. The third-order valence-corrected chi connectivity index (χ3v) is 5.29. The highest BCUT2D eigenvalue weighted by atomic mass is 15.2. The Morgan fingerprint density at radius 1 is 0.941 bits per heavy atom. The summed E-state index contributed by atoms with van der Waals surface area (Å²) in [6.07, 6.45) is 12.4. The zero-order valence-corrected chi connectivity index (χ0v) is 11.7. The van der Waals surface area contributed by atoms with Crippen LogP contribution in [0.5, 0.6) is 0 Å². The van der Waals surface area contributed by atoms with Crippen molar-refractivity contribution >= 4 is 0 Å². The highest BCUT2D eigenvalue weighted by molar-refractivity contribution is 4.85. The fraction of sp³-hybridized carbons (Fsp3) is 1.00. The third-order valence-electron chi connectivity index (χ3n) is 5.29. The maximum absolute atomic E-state index is 6.00. The quantitative estimate of drug-likeness (QED) is 0.818. The van der Waals surface area contributed by atoms with E-state index in [0.717, 1.165) is 18.0 Å². The van der Waals surface area contributed by atoms with Crippen molar-refractivity contribution in [2.45, 2.75) is 82.8 Å². The largest absolute Gasteiger partial charge is 0.328 e. The van der Waals surface area contributed by atoms with Gasteiger partial charge < -0.3 is 10.6 Å². The van der Waals surface area contributed by atoms with Gasteiger partial charge in [-0.05, 0) is 58.4 Å². The van der Waals surface area contributed by atoms with Gasteiger partial charge in [0, 0.05) is 18.1 Å². The summed E-state index contributed by atoms with van der Waals surface area (Å²) in [6.45, 7) is 2.45. The number of hydrogen-bond donors (Lipinski definition) is 1. The summed E-state index contributed by atoms with van der Waals surface area (Å²) in [6, 6.07) is 2.05. The fourth-order valence-corrected chi connectivity index (χ4v) is 3.79. The molecule has 2 aliphatic carbocycles. The van der Waals surface area contributed by atoms with Gasteiger partial charge in [-0.15, -0.1) is 0 Å². The highest BCUT2D eigenvalue weighted by Gasteiger charge is 2.29. The third kappa shape index (κ3) is 3.45. The summed E-state index contributed by atoms with van der Waals surface area (Å²) in [4.78, 5) is 2.67. The van der Waals surface area contributed by atoms with Crippen LogP contribution in [0.4, 0.5) is 0 Å². The lowest BCUT2D eigenvalue weighted by atomic mass is 9.82. The van der Waals surface area contributed by atoms with Crippen LogP contribution < -0.4 is 5.73 Å². The Kier molecular flexibility index (Phi) is 4.87. The number of hydrogen-bond acceptors (Lipinski definition) is 2. The molecular weight excluding hydrogens is 208 g/mol. The monoisotopic (exact) mass is 238 g/mol. The lowest BCUT2D eigenvalue weighted by Crippen LogP contribution is -2.46. The van der Waals surface area contributed by atoms with E-state index in [1.54, 1.807) is 0 Å². The van der Waals surface area contributed by atoms with Crippen LogP contribution in [0.25, 0.3) is 0 Å². The second-order valence-electron chi connectivity index (χ2n) is 6.37. The van der Waals surface area contributed by atoms with Gasteiger partial charge in [0.1, 0.15) is 0 Å². The summed E-state index contributed by atoms with van der Waals surface area (Å²) in [5, 5.41) is 0. The molecule has 2 rings (SSSR count). The number of rotatable bonds is 3. The highest BCUT2D eigenvalue weighted by Crippen LogP contribution is 2.31. The molecule has 0 aromatic heterocycles. The molecule has 0 spiro atoms. The predicted octanol–water partition coefficient (Wildman–Crippen LogP) is 3.16. The van der Waals surface area contributed by atoms with Gasteiger partial charge in [0.25, 0.3) is 0 Å². The van der Waals surface area contributed by atoms with Crippen LogP contribution in [0.1, 0.15) is 64.7 Å². The lowest BCUT2D eigenvalue weighted by Gasteiger charge is -2.41.